The molecule has 0 bridgehead atoms. The van der Waals surface area contributed by atoms with Crippen LogP contribution in [0.2, 0.25) is 0 Å². The Kier molecular flexibility index (Phi) is 3.33. The molecule has 0 atom stereocenters. The molecule has 0 saturated carbocycles. The molecule has 2 aromatic rings. The van der Waals surface area contributed by atoms with Gasteiger partial charge in [-0.2, -0.15) is 0 Å². The van der Waals surface area contributed by atoms with E-state index in [1.54, 1.807) is 6.92 Å². The zero-order chi connectivity index (χ0) is 13.3. The molecule has 4 nitrogen and oxygen atoms in total. The van der Waals surface area contributed by atoms with Crippen LogP contribution in [0, 0.1) is 18.6 Å². The molecule has 3 N–H and O–H groups in total. The lowest BCUT2D eigenvalue weighted by molar-refractivity contribution is 0.581. The third-order valence-electron chi connectivity index (χ3n) is 2.11. The van der Waals surface area contributed by atoms with Gasteiger partial charge in [-0.25, -0.2) is 13.8 Å². The van der Waals surface area contributed by atoms with Crippen molar-refractivity contribution in [2.45, 2.75) is 17.0 Å². The SMILES string of the molecule is Cc1cc(=O)[nH]c(Sc2cc(F)cc(F)c2N)n1. The predicted molar refractivity (Wildman–Crippen MR) is 64.5 cm³/mol. The molecule has 0 fully saturated rings. The fourth-order valence-electron chi connectivity index (χ4n) is 1.35. The zero-order valence-electron chi connectivity index (χ0n) is 9.33. The normalized spacial score (nSPS) is 10.6. The van der Waals surface area contributed by atoms with E-state index in [9.17, 15) is 13.6 Å². The van der Waals surface area contributed by atoms with Crippen molar-refractivity contribution in [2.75, 3.05) is 5.73 Å². The maximum atomic E-state index is 13.2. The van der Waals surface area contributed by atoms with Crippen LogP contribution < -0.4 is 11.3 Å². The van der Waals surface area contributed by atoms with Crippen molar-refractivity contribution < 1.29 is 8.78 Å². The highest BCUT2D eigenvalue weighted by Gasteiger charge is 2.11. The van der Waals surface area contributed by atoms with E-state index < -0.39 is 11.6 Å². The summed E-state index contributed by atoms with van der Waals surface area (Å²) < 4.78 is 26.3. The van der Waals surface area contributed by atoms with Gasteiger partial charge < -0.3 is 10.7 Å². The lowest BCUT2D eigenvalue weighted by atomic mass is 10.3. The van der Waals surface area contributed by atoms with Crippen LogP contribution in [-0.4, -0.2) is 9.97 Å². The minimum atomic E-state index is -0.840. The van der Waals surface area contributed by atoms with Crippen LogP contribution in [0.5, 0.6) is 0 Å². The number of aryl methyl sites for hydroxylation is 1. The van der Waals surface area contributed by atoms with Gasteiger partial charge in [0, 0.05) is 22.7 Å². The molecule has 0 unspecified atom stereocenters. The Bertz CT molecular complexity index is 657. The van der Waals surface area contributed by atoms with Crippen molar-refractivity contribution in [2.24, 2.45) is 0 Å². The molecule has 1 heterocycles. The zero-order valence-corrected chi connectivity index (χ0v) is 10.1. The van der Waals surface area contributed by atoms with Crippen molar-refractivity contribution in [1.82, 2.24) is 9.97 Å². The Balaban J connectivity index is 2.42. The number of hydrogen-bond acceptors (Lipinski definition) is 4. The Morgan fingerprint density at radius 3 is 2.72 bits per heavy atom. The molecule has 18 heavy (non-hydrogen) atoms. The smallest absolute Gasteiger partial charge is 0.251 e. The van der Waals surface area contributed by atoms with Crippen molar-refractivity contribution in [3.63, 3.8) is 0 Å². The number of aromatic nitrogens is 2. The molecule has 0 spiro atoms. The van der Waals surface area contributed by atoms with Gasteiger partial charge in [-0.1, -0.05) is 0 Å². The number of benzene rings is 1. The average Bonchev–Trinajstić information content (AvgIpc) is 2.23. The Hall–Kier alpha value is -1.89. The standard InChI is InChI=1S/C11H9F2N3OS/c1-5-2-9(17)16-11(15-5)18-8-4-6(12)3-7(13)10(8)14/h2-4H,14H2,1H3,(H,15,16,17). The third kappa shape index (κ3) is 2.67. The Morgan fingerprint density at radius 2 is 2.06 bits per heavy atom. The molecule has 1 aromatic heterocycles. The highest BCUT2D eigenvalue weighted by Crippen LogP contribution is 2.31. The second-order valence-electron chi connectivity index (χ2n) is 3.59. The van der Waals surface area contributed by atoms with Gasteiger partial charge in [0.25, 0.3) is 5.56 Å². The number of anilines is 1. The number of nitrogen functional groups attached to an aromatic ring is 1. The lowest BCUT2D eigenvalue weighted by Gasteiger charge is -2.06. The largest absolute Gasteiger partial charge is 0.395 e. The van der Waals surface area contributed by atoms with E-state index in [0.717, 1.165) is 17.8 Å². The maximum absolute atomic E-state index is 13.2. The summed E-state index contributed by atoms with van der Waals surface area (Å²) in [5, 5.41) is 0.233. The molecule has 0 amide bonds. The van der Waals surface area contributed by atoms with Gasteiger partial charge >= 0.3 is 0 Å². The fourth-order valence-corrected chi connectivity index (χ4v) is 2.28. The highest BCUT2D eigenvalue weighted by atomic mass is 32.2. The summed E-state index contributed by atoms with van der Waals surface area (Å²) in [6, 6.07) is 3.11. The monoisotopic (exact) mass is 269 g/mol. The predicted octanol–water partition coefficient (Wildman–Crippen LogP) is 2.09. The van der Waals surface area contributed by atoms with Crippen molar-refractivity contribution in [3.8, 4) is 0 Å². The van der Waals surface area contributed by atoms with E-state index in [-0.39, 0.29) is 21.3 Å². The summed E-state index contributed by atoms with van der Waals surface area (Å²) in [6.45, 7) is 1.65. The van der Waals surface area contributed by atoms with Gasteiger partial charge in [-0.3, -0.25) is 4.79 Å². The molecule has 0 aliphatic carbocycles. The first-order chi connectivity index (χ1) is 8.45. The van der Waals surface area contributed by atoms with E-state index in [2.05, 4.69) is 9.97 Å². The van der Waals surface area contributed by atoms with Crippen LogP contribution in [0.1, 0.15) is 5.69 Å². The van der Waals surface area contributed by atoms with E-state index in [4.69, 9.17) is 5.73 Å². The van der Waals surface area contributed by atoms with Gasteiger partial charge in [-0.05, 0) is 24.8 Å². The first-order valence-corrected chi connectivity index (χ1v) is 5.77. The van der Waals surface area contributed by atoms with Crippen LogP contribution >= 0.6 is 11.8 Å². The summed E-state index contributed by atoms with van der Waals surface area (Å²) in [5.41, 5.74) is 5.50. The van der Waals surface area contributed by atoms with Crippen molar-refractivity contribution in [3.05, 3.63) is 45.9 Å². The number of nitrogens with two attached hydrogens (primary N) is 1. The van der Waals surface area contributed by atoms with Crippen LogP contribution in [-0.2, 0) is 0 Å². The molecule has 2 rings (SSSR count). The van der Waals surface area contributed by atoms with Gasteiger partial charge in [0.1, 0.15) is 11.6 Å². The van der Waals surface area contributed by atoms with E-state index in [0.29, 0.717) is 11.8 Å². The average molecular weight is 269 g/mol. The number of H-pyrrole nitrogens is 1. The number of aromatic amines is 1. The number of halogens is 2. The summed E-state index contributed by atoms with van der Waals surface area (Å²) in [6.07, 6.45) is 0. The minimum Gasteiger partial charge on any atom is -0.395 e. The third-order valence-corrected chi connectivity index (χ3v) is 3.06. The fraction of sp³-hybridized carbons (Fsp3) is 0.0909. The summed E-state index contributed by atoms with van der Waals surface area (Å²) in [5.74, 6) is -1.58. The lowest BCUT2D eigenvalue weighted by Crippen LogP contribution is -2.08. The molecule has 7 heteroatoms. The Labute approximate surface area is 105 Å². The number of nitrogens with one attached hydrogen (secondary N) is 1. The molecule has 1 aromatic carbocycles. The molecule has 94 valence electrons. The molecular weight excluding hydrogens is 260 g/mol. The number of hydrogen-bond donors (Lipinski definition) is 2. The van der Waals surface area contributed by atoms with Crippen LogP contribution in [0.4, 0.5) is 14.5 Å². The molecular formula is C11H9F2N3OS. The quantitative estimate of drug-likeness (QED) is 0.647. The molecule has 0 aliphatic rings. The van der Waals surface area contributed by atoms with Crippen LogP contribution in [0.25, 0.3) is 0 Å². The first kappa shape index (κ1) is 12.6. The first-order valence-electron chi connectivity index (χ1n) is 4.96. The minimum absolute atomic E-state index is 0.168. The van der Waals surface area contributed by atoms with Crippen molar-refractivity contribution in [1.29, 1.82) is 0 Å². The summed E-state index contributed by atoms with van der Waals surface area (Å²) >= 11 is 0.899. The Morgan fingerprint density at radius 1 is 1.33 bits per heavy atom. The van der Waals surface area contributed by atoms with Gasteiger partial charge in [0.15, 0.2) is 5.16 Å². The highest BCUT2D eigenvalue weighted by molar-refractivity contribution is 7.99. The second-order valence-corrected chi connectivity index (χ2v) is 4.62. The molecule has 0 radical (unpaired) electrons. The van der Waals surface area contributed by atoms with Gasteiger partial charge in [-0.15, -0.1) is 0 Å². The van der Waals surface area contributed by atoms with E-state index in [1.807, 2.05) is 0 Å². The second kappa shape index (κ2) is 4.77. The maximum Gasteiger partial charge on any atom is 0.251 e. The van der Waals surface area contributed by atoms with E-state index >= 15 is 0 Å². The summed E-state index contributed by atoms with van der Waals surface area (Å²) in [4.78, 5) is 17.9. The van der Waals surface area contributed by atoms with Gasteiger partial charge in [0.2, 0.25) is 0 Å². The molecule has 0 saturated heterocycles. The number of nitrogens with zero attached hydrogens (tertiary/aromatic N) is 1. The molecule has 0 aliphatic heterocycles. The summed E-state index contributed by atoms with van der Waals surface area (Å²) in [7, 11) is 0. The van der Waals surface area contributed by atoms with Crippen molar-refractivity contribution >= 4 is 17.4 Å². The number of rotatable bonds is 2. The van der Waals surface area contributed by atoms with E-state index in [1.165, 1.54) is 6.07 Å². The topological polar surface area (TPSA) is 71.8 Å². The van der Waals surface area contributed by atoms with Crippen LogP contribution in [0.15, 0.2) is 33.0 Å². The van der Waals surface area contributed by atoms with Crippen LogP contribution in [0.3, 0.4) is 0 Å². The van der Waals surface area contributed by atoms with Gasteiger partial charge in [0.05, 0.1) is 5.69 Å².